The van der Waals surface area contributed by atoms with Crippen molar-refractivity contribution in [3.05, 3.63) is 0 Å². The van der Waals surface area contributed by atoms with Crippen molar-refractivity contribution >= 4 is 0 Å². The molecular formula is C12H23F2NO. The summed E-state index contributed by atoms with van der Waals surface area (Å²) in [5, 5.41) is 12.9. The van der Waals surface area contributed by atoms with Gasteiger partial charge in [-0.05, 0) is 38.5 Å². The molecule has 0 aromatic carbocycles. The smallest absolute Gasteiger partial charge is 0.253 e. The Hall–Kier alpha value is -0.220. The Bertz CT molecular complexity index is 203. The van der Waals surface area contributed by atoms with Gasteiger partial charge in [0.05, 0.1) is 11.6 Å². The molecule has 1 fully saturated rings. The first kappa shape index (κ1) is 13.8. The van der Waals surface area contributed by atoms with Crippen LogP contribution in [0, 0.1) is 5.92 Å². The second kappa shape index (κ2) is 5.92. The first-order valence-electron chi connectivity index (χ1n) is 6.21. The van der Waals surface area contributed by atoms with Crippen molar-refractivity contribution in [3.8, 4) is 0 Å². The third-order valence-corrected chi connectivity index (χ3v) is 3.74. The predicted molar refractivity (Wildman–Crippen MR) is 60.7 cm³/mol. The van der Waals surface area contributed by atoms with E-state index < -0.39 is 18.1 Å². The summed E-state index contributed by atoms with van der Waals surface area (Å²) in [5.74, 6) is 0.702. The SMILES string of the molecule is CCC1CCC(O)(CNC(C)C(F)F)CC1. The Labute approximate surface area is 96.4 Å². The molecule has 0 bridgehead atoms. The standard InChI is InChI=1S/C12H23F2NO/c1-3-10-4-6-12(16,7-5-10)8-15-9(2)11(13)14/h9-11,15-16H,3-8H2,1-2H3. The second-order valence-corrected chi connectivity index (χ2v) is 5.08. The lowest BCUT2D eigenvalue weighted by Crippen LogP contribution is -2.47. The topological polar surface area (TPSA) is 32.3 Å². The number of alkyl halides is 2. The van der Waals surface area contributed by atoms with Crippen LogP contribution >= 0.6 is 0 Å². The predicted octanol–water partition coefficient (Wildman–Crippen LogP) is 2.56. The molecule has 1 unspecified atom stereocenters. The number of halogens is 2. The maximum absolute atomic E-state index is 12.3. The lowest BCUT2D eigenvalue weighted by atomic mass is 9.78. The largest absolute Gasteiger partial charge is 0.389 e. The molecule has 96 valence electrons. The van der Waals surface area contributed by atoms with E-state index >= 15 is 0 Å². The first-order chi connectivity index (χ1) is 7.47. The molecule has 16 heavy (non-hydrogen) atoms. The minimum absolute atomic E-state index is 0.287. The Morgan fingerprint density at radius 1 is 1.38 bits per heavy atom. The van der Waals surface area contributed by atoms with Gasteiger partial charge in [0.2, 0.25) is 0 Å². The molecule has 0 aromatic heterocycles. The summed E-state index contributed by atoms with van der Waals surface area (Å²) in [4.78, 5) is 0. The number of hydrogen-bond donors (Lipinski definition) is 2. The zero-order valence-electron chi connectivity index (χ0n) is 10.2. The molecular weight excluding hydrogens is 212 g/mol. The van der Waals surface area contributed by atoms with E-state index in [1.165, 1.54) is 6.92 Å². The summed E-state index contributed by atoms with van der Waals surface area (Å²) in [7, 11) is 0. The Morgan fingerprint density at radius 3 is 2.38 bits per heavy atom. The van der Waals surface area contributed by atoms with Crippen LogP contribution in [0.1, 0.15) is 46.0 Å². The molecule has 0 spiro atoms. The van der Waals surface area contributed by atoms with Gasteiger partial charge in [0, 0.05) is 6.54 Å². The normalized spacial score (nSPS) is 33.0. The Morgan fingerprint density at radius 2 is 1.94 bits per heavy atom. The monoisotopic (exact) mass is 235 g/mol. The molecule has 2 nitrogen and oxygen atoms in total. The van der Waals surface area contributed by atoms with Crippen molar-refractivity contribution in [1.29, 1.82) is 0 Å². The molecule has 0 amide bonds. The van der Waals surface area contributed by atoms with Crippen molar-refractivity contribution in [3.63, 3.8) is 0 Å². The lowest BCUT2D eigenvalue weighted by Gasteiger charge is -2.36. The van der Waals surface area contributed by atoms with Crippen LogP contribution in [-0.4, -0.2) is 29.7 Å². The fourth-order valence-electron chi connectivity index (χ4n) is 2.24. The molecule has 1 aliphatic carbocycles. The van der Waals surface area contributed by atoms with E-state index in [0.717, 1.165) is 32.1 Å². The van der Waals surface area contributed by atoms with Crippen LogP contribution in [0.3, 0.4) is 0 Å². The summed E-state index contributed by atoms with van der Waals surface area (Å²) < 4.78 is 24.6. The molecule has 0 heterocycles. The van der Waals surface area contributed by atoms with Crippen molar-refractivity contribution in [2.45, 2.75) is 64.0 Å². The van der Waals surface area contributed by atoms with Crippen molar-refractivity contribution in [1.82, 2.24) is 5.32 Å². The highest BCUT2D eigenvalue weighted by Gasteiger charge is 2.33. The first-order valence-corrected chi connectivity index (χ1v) is 6.21. The van der Waals surface area contributed by atoms with Gasteiger partial charge < -0.3 is 10.4 Å². The van der Waals surface area contributed by atoms with Gasteiger partial charge in [-0.25, -0.2) is 8.78 Å². The summed E-state index contributed by atoms with van der Waals surface area (Å²) in [6.45, 7) is 3.90. The van der Waals surface area contributed by atoms with Crippen LogP contribution in [0.2, 0.25) is 0 Å². The lowest BCUT2D eigenvalue weighted by molar-refractivity contribution is -0.0158. The molecule has 1 rings (SSSR count). The zero-order valence-corrected chi connectivity index (χ0v) is 10.2. The Balaban J connectivity index is 2.31. The fourth-order valence-corrected chi connectivity index (χ4v) is 2.24. The maximum Gasteiger partial charge on any atom is 0.253 e. The van der Waals surface area contributed by atoms with E-state index in [2.05, 4.69) is 12.2 Å². The highest BCUT2D eigenvalue weighted by molar-refractivity contribution is 4.88. The molecule has 1 atom stereocenters. The number of nitrogens with one attached hydrogen (secondary N) is 1. The van der Waals surface area contributed by atoms with Gasteiger partial charge in [-0.3, -0.25) is 0 Å². The third-order valence-electron chi connectivity index (χ3n) is 3.74. The molecule has 0 radical (unpaired) electrons. The van der Waals surface area contributed by atoms with Crippen LogP contribution in [0.15, 0.2) is 0 Å². The minimum Gasteiger partial charge on any atom is -0.389 e. The maximum atomic E-state index is 12.3. The molecule has 2 N–H and O–H groups in total. The number of aliphatic hydroxyl groups is 1. The van der Waals surface area contributed by atoms with Crippen molar-refractivity contribution in [2.75, 3.05) is 6.54 Å². The van der Waals surface area contributed by atoms with Crippen LogP contribution in [-0.2, 0) is 0 Å². The summed E-state index contributed by atoms with van der Waals surface area (Å²) in [6.07, 6.45) is 2.27. The van der Waals surface area contributed by atoms with Gasteiger partial charge in [0.15, 0.2) is 0 Å². The average Bonchev–Trinajstić information content (AvgIpc) is 2.27. The molecule has 0 aliphatic heterocycles. The highest BCUT2D eigenvalue weighted by Crippen LogP contribution is 2.33. The van der Waals surface area contributed by atoms with E-state index in [4.69, 9.17) is 0 Å². The quantitative estimate of drug-likeness (QED) is 0.767. The van der Waals surface area contributed by atoms with Gasteiger partial charge in [0.25, 0.3) is 6.43 Å². The van der Waals surface area contributed by atoms with Crippen LogP contribution < -0.4 is 5.32 Å². The van der Waals surface area contributed by atoms with Gasteiger partial charge in [-0.2, -0.15) is 0 Å². The highest BCUT2D eigenvalue weighted by atomic mass is 19.3. The van der Waals surface area contributed by atoms with Crippen LogP contribution in [0.4, 0.5) is 8.78 Å². The van der Waals surface area contributed by atoms with Crippen LogP contribution in [0.5, 0.6) is 0 Å². The molecule has 1 aliphatic rings. The van der Waals surface area contributed by atoms with Gasteiger partial charge in [0.1, 0.15) is 0 Å². The third kappa shape index (κ3) is 3.98. The minimum atomic E-state index is -2.37. The van der Waals surface area contributed by atoms with Crippen LogP contribution in [0.25, 0.3) is 0 Å². The molecule has 0 saturated heterocycles. The summed E-state index contributed by atoms with van der Waals surface area (Å²) >= 11 is 0. The van der Waals surface area contributed by atoms with Crippen molar-refractivity contribution < 1.29 is 13.9 Å². The Kier molecular flexibility index (Phi) is 5.12. The number of hydrogen-bond acceptors (Lipinski definition) is 2. The zero-order chi connectivity index (χ0) is 12.2. The second-order valence-electron chi connectivity index (χ2n) is 5.08. The van der Waals surface area contributed by atoms with E-state index in [-0.39, 0.29) is 6.54 Å². The summed E-state index contributed by atoms with van der Waals surface area (Å²) in [6, 6.07) is -0.840. The van der Waals surface area contributed by atoms with E-state index in [0.29, 0.717) is 5.92 Å². The van der Waals surface area contributed by atoms with Gasteiger partial charge in [-0.1, -0.05) is 13.3 Å². The fraction of sp³-hybridized carbons (Fsp3) is 1.00. The average molecular weight is 235 g/mol. The van der Waals surface area contributed by atoms with Crippen molar-refractivity contribution in [2.24, 2.45) is 5.92 Å². The van der Waals surface area contributed by atoms with E-state index in [1.807, 2.05) is 0 Å². The van der Waals surface area contributed by atoms with Gasteiger partial charge in [-0.15, -0.1) is 0 Å². The van der Waals surface area contributed by atoms with E-state index in [9.17, 15) is 13.9 Å². The van der Waals surface area contributed by atoms with E-state index in [1.54, 1.807) is 0 Å². The molecule has 0 aromatic rings. The molecule has 4 heteroatoms. The molecule has 1 saturated carbocycles. The number of rotatable bonds is 5. The summed E-state index contributed by atoms with van der Waals surface area (Å²) in [5.41, 5.74) is -0.769. The van der Waals surface area contributed by atoms with Gasteiger partial charge >= 0.3 is 0 Å².